The Hall–Kier alpha value is -2.57. The lowest BCUT2D eigenvalue weighted by Gasteiger charge is -2.07. The van der Waals surface area contributed by atoms with Crippen molar-refractivity contribution in [2.75, 3.05) is 5.73 Å². The van der Waals surface area contributed by atoms with Crippen molar-refractivity contribution >= 4 is 11.7 Å². The highest BCUT2D eigenvalue weighted by Crippen LogP contribution is 2.11. The largest absolute Gasteiger partial charge is 0.383 e. The number of nitrogens with zero attached hydrogens (tertiary/aromatic N) is 1. The number of halogens is 3. The van der Waals surface area contributed by atoms with E-state index in [1.165, 1.54) is 6.07 Å². The van der Waals surface area contributed by atoms with Crippen molar-refractivity contribution in [2.24, 2.45) is 0 Å². The number of carbonyl (C=O) groups excluding carboxylic acids is 1. The summed E-state index contributed by atoms with van der Waals surface area (Å²) >= 11 is 0. The van der Waals surface area contributed by atoms with Crippen molar-refractivity contribution < 1.29 is 18.0 Å². The van der Waals surface area contributed by atoms with E-state index in [1.807, 2.05) is 0 Å². The number of hydrogen-bond donors (Lipinski definition) is 2. The molecule has 3 N–H and O–H groups in total. The van der Waals surface area contributed by atoms with Gasteiger partial charge in [0.25, 0.3) is 5.91 Å². The second-order valence-corrected chi connectivity index (χ2v) is 4.02. The molecule has 0 saturated heterocycles. The number of nitrogens with two attached hydrogens (primary N) is 1. The van der Waals surface area contributed by atoms with E-state index in [-0.39, 0.29) is 17.9 Å². The third-order valence-corrected chi connectivity index (χ3v) is 2.57. The molecular weight excluding hydrogens is 271 g/mol. The van der Waals surface area contributed by atoms with Gasteiger partial charge in [-0.15, -0.1) is 0 Å². The number of hydrogen-bond acceptors (Lipinski definition) is 3. The van der Waals surface area contributed by atoms with Crippen LogP contribution in [0.2, 0.25) is 0 Å². The van der Waals surface area contributed by atoms with Crippen molar-refractivity contribution in [3.8, 4) is 0 Å². The van der Waals surface area contributed by atoms with Gasteiger partial charge in [-0.3, -0.25) is 4.79 Å². The van der Waals surface area contributed by atoms with Crippen LogP contribution in [0, 0.1) is 17.5 Å². The van der Waals surface area contributed by atoms with Crippen molar-refractivity contribution in [1.82, 2.24) is 10.3 Å². The minimum Gasteiger partial charge on any atom is -0.383 e. The van der Waals surface area contributed by atoms with Crippen LogP contribution >= 0.6 is 0 Å². The van der Waals surface area contributed by atoms with Crippen molar-refractivity contribution in [2.45, 2.75) is 6.54 Å². The third-order valence-electron chi connectivity index (χ3n) is 2.57. The van der Waals surface area contributed by atoms with Gasteiger partial charge in [-0.25, -0.2) is 18.2 Å². The predicted molar refractivity (Wildman–Crippen MR) is 66.1 cm³/mol. The molecule has 0 unspecified atom stereocenters. The molecule has 20 heavy (non-hydrogen) atoms. The van der Waals surface area contributed by atoms with Gasteiger partial charge in [-0.2, -0.15) is 0 Å². The summed E-state index contributed by atoms with van der Waals surface area (Å²) in [5, 5.41) is 2.42. The molecule has 0 fully saturated rings. The number of rotatable bonds is 3. The van der Waals surface area contributed by atoms with Gasteiger partial charge in [0.15, 0.2) is 11.6 Å². The van der Waals surface area contributed by atoms with Crippen LogP contribution in [0.15, 0.2) is 30.5 Å². The molecule has 104 valence electrons. The molecule has 2 rings (SSSR count). The first-order chi connectivity index (χ1) is 9.47. The number of nitrogen functional groups attached to an aromatic ring is 1. The van der Waals surface area contributed by atoms with Crippen molar-refractivity contribution in [3.05, 3.63) is 59.0 Å². The standard InChI is InChI=1S/C13H10F3N3O/c14-8-4-9(12(17)18-6-8)13(20)19-5-7-1-2-10(15)11(16)3-7/h1-4,6H,5H2,(H2,17,18)(H,19,20). The molecule has 0 saturated carbocycles. The first-order valence-electron chi connectivity index (χ1n) is 5.60. The fourth-order valence-electron chi connectivity index (χ4n) is 1.56. The predicted octanol–water partition coefficient (Wildman–Crippen LogP) is 2.01. The highest BCUT2D eigenvalue weighted by Gasteiger charge is 2.12. The molecule has 4 nitrogen and oxygen atoms in total. The minimum atomic E-state index is -1.01. The lowest BCUT2D eigenvalue weighted by molar-refractivity contribution is 0.0951. The Morgan fingerprint density at radius 3 is 2.65 bits per heavy atom. The summed E-state index contributed by atoms with van der Waals surface area (Å²) in [5.41, 5.74) is 5.70. The lowest BCUT2D eigenvalue weighted by atomic mass is 10.2. The monoisotopic (exact) mass is 281 g/mol. The molecule has 1 aromatic carbocycles. The zero-order valence-corrected chi connectivity index (χ0v) is 10.2. The van der Waals surface area contributed by atoms with E-state index in [4.69, 9.17) is 5.73 Å². The van der Waals surface area contributed by atoms with Crippen LogP contribution in [-0.4, -0.2) is 10.9 Å². The zero-order chi connectivity index (χ0) is 14.7. The molecular formula is C13H10F3N3O. The molecule has 0 atom stereocenters. The third kappa shape index (κ3) is 3.05. The van der Waals surface area contributed by atoms with Crippen LogP contribution in [0.25, 0.3) is 0 Å². The Labute approximate surface area is 112 Å². The summed E-state index contributed by atoms with van der Waals surface area (Å²) in [4.78, 5) is 15.3. The Morgan fingerprint density at radius 1 is 1.20 bits per heavy atom. The average Bonchev–Trinajstić information content (AvgIpc) is 2.42. The second-order valence-electron chi connectivity index (χ2n) is 4.02. The highest BCUT2D eigenvalue weighted by molar-refractivity contribution is 5.98. The number of anilines is 1. The first-order valence-corrected chi connectivity index (χ1v) is 5.60. The Morgan fingerprint density at radius 2 is 1.95 bits per heavy atom. The number of carbonyl (C=O) groups is 1. The molecule has 1 heterocycles. The van der Waals surface area contributed by atoms with Crippen LogP contribution < -0.4 is 11.1 Å². The van der Waals surface area contributed by atoms with E-state index < -0.39 is 23.4 Å². The second kappa shape index (κ2) is 5.60. The van der Waals surface area contributed by atoms with E-state index in [9.17, 15) is 18.0 Å². The lowest BCUT2D eigenvalue weighted by Crippen LogP contribution is -2.24. The zero-order valence-electron chi connectivity index (χ0n) is 10.2. The van der Waals surface area contributed by atoms with E-state index in [2.05, 4.69) is 10.3 Å². The van der Waals surface area contributed by atoms with Gasteiger partial charge >= 0.3 is 0 Å². The van der Waals surface area contributed by atoms with Gasteiger partial charge in [0.05, 0.1) is 11.8 Å². The quantitative estimate of drug-likeness (QED) is 0.904. The van der Waals surface area contributed by atoms with Crippen LogP contribution in [0.3, 0.4) is 0 Å². The molecule has 7 heteroatoms. The molecule has 0 aliphatic carbocycles. The molecule has 0 spiro atoms. The Bertz CT molecular complexity index is 661. The molecule has 0 aliphatic heterocycles. The minimum absolute atomic E-state index is 0.0496. The van der Waals surface area contributed by atoms with Gasteiger partial charge in [0, 0.05) is 6.54 Å². The average molecular weight is 281 g/mol. The van der Waals surface area contributed by atoms with Crippen LogP contribution in [0.4, 0.5) is 19.0 Å². The number of nitrogens with one attached hydrogen (secondary N) is 1. The fourth-order valence-corrected chi connectivity index (χ4v) is 1.56. The fraction of sp³-hybridized carbons (Fsp3) is 0.0769. The normalized spacial score (nSPS) is 10.3. The Kier molecular flexibility index (Phi) is 3.88. The van der Waals surface area contributed by atoms with E-state index in [0.717, 1.165) is 24.4 Å². The summed E-state index contributed by atoms with van der Waals surface area (Å²) in [6, 6.07) is 4.19. The molecule has 1 aromatic heterocycles. The van der Waals surface area contributed by atoms with Gasteiger partial charge in [-0.1, -0.05) is 6.07 Å². The number of pyridine rings is 1. The summed E-state index contributed by atoms with van der Waals surface area (Å²) in [7, 11) is 0. The van der Waals surface area contributed by atoms with Gasteiger partial charge < -0.3 is 11.1 Å². The van der Waals surface area contributed by atoms with Gasteiger partial charge in [-0.05, 0) is 23.8 Å². The smallest absolute Gasteiger partial charge is 0.255 e. The maximum atomic E-state index is 13.0. The topological polar surface area (TPSA) is 68.0 Å². The molecule has 0 bridgehead atoms. The van der Waals surface area contributed by atoms with E-state index in [0.29, 0.717) is 5.56 Å². The highest BCUT2D eigenvalue weighted by atomic mass is 19.2. The Balaban J connectivity index is 2.08. The van der Waals surface area contributed by atoms with E-state index >= 15 is 0 Å². The summed E-state index contributed by atoms with van der Waals surface area (Å²) < 4.78 is 38.7. The molecule has 0 radical (unpaired) electrons. The summed E-state index contributed by atoms with van der Waals surface area (Å²) in [6.45, 7) is -0.0496. The van der Waals surface area contributed by atoms with Crippen molar-refractivity contribution in [1.29, 1.82) is 0 Å². The number of benzene rings is 1. The molecule has 0 aliphatic rings. The van der Waals surface area contributed by atoms with Crippen LogP contribution in [-0.2, 0) is 6.54 Å². The first kappa shape index (κ1) is 13.9. The number of amides is 1. The van der Waals surface area contributed by atoms with E-state index in [1.54, 1.807) is 0 Å². The maximum absolute atomic E-state index is 13.0. The molecule has 2 aromatic rings. The van der Waals surface area contributed by atoms with Gasteiger partial charge in [0.2, 0.25) is 0 Å². The van der Waals surface area contributed by atoms with Gasteiger partial charge in [0.1, 0.15) is 11.6 Å². The van der Waals surface area contributed by atoms with Crippen molar-refractivity contribution in [3.63, 3.8) is 0 Å². The van der Waals surface area contributed by atoms with Crippen LogP contribution in [0.1, 0.15) is 15.9 Å². The van der Waals surface area contributed by atoms with Crippen LogP contribution in [0.5, 0.6) is 0 Å². The molecule has 1 amide bonds. The number of aromatic nitrogens is 1. The summed E-state index contributed by atoms with van der Waals surface area (Å²) in [6.07, 6.45) is 0.890. The summed E-state index contributed by atoms with van der Waals surface area (Å²) in [5.74, 6) is -3.45. The SMILES string of the molecule is Nc1ncc(F)cc1C(=O)NCc1ccc(F)c(F)c1. The maximum Gasteiger partial charge on any atom is 0.255 e.